The molecule has 0 amide bonds. The molecular weight excluding hydrogens is 520 g/mol. The van der Waals surface area contributed by atoms with E-state index in [0.29, 0.717) is 30.8 Å². The minimum Gasteiger partial charge on any atom is -0.490 e. The highest BCUT2D eigenvalue weighted by atomic mass is 127. The molecule has 1 atom stereocenters. The van der Waals surface area contributed by atoms with Crippen molar-refractivity contribution in [2.75, 3.05) is 20.2 Å². The molecule has 6 nitrogen and oxygen atoms in total. The van der Waals surface area contributed by atoms with Gasteiger partial charge in [-0.2, -0.15) is 0 Å². The van der Waals surface area contributed by atoms with Crippen molar-refractivity contribution >= 4 is 35.6 Å². The number of pyridine rings is 1. The zero-order valence-corrected chi connectivity index (χ0v) is 21.1. The van der Waals surface area contributed by atoms with Gasteiger partial charge < -0.3 is 19.8 Å². The normalized spacial score (nSPS) is 14.7. The third-order valence-corrected chi connectivity index (χ3v) is 5.61. The van der Waals surface area contributed by atoms with Crippen molar-refractivity contribution in [3.63, 3.8) is 0 Å². The van der Waals surface area contributed by atoms with Crippen molar-refractivity contribution in [1.82, 2.24) is 20.0 Å². The lowest BCUT2D eigenvalue weighted by Crippen LogP contribution is -2.39. The van der Waals surface area contributed by atoms with Gasteiger partial charge in [0.2, 0.25) is 0 Å². The van der Waals surface area contributed by atoms with E-state index in [-0.39, 0.29) is 35.8 Å². The molecule has 0 radical (unpaired) electrons. The van der Waals surface area contributed by atoms with Crippen molar-refractivity contribution in [2.45, 2.75) is 39.2 Å². The van der Waals surface area contributed by atoms with Crippen molar-refractivity contribution in [3.8, 4) is 5.75 Å². The van der Waals surface area contributed by atoms with Crippen molar-refractivity contribution in [2.24, 2.45) is 10.9 Å². The van der Waals surface area contributed by atoms with Crippen LogP contribution in [0, 0.1) is 18.7 Å². The van der Waals surface area contributed by atoms with Crippen LogP contribution in [0.25, 0.3) is 5.65 Å². The average Bonchev–Trinajstić information content (AvgIpc) is 3.49. The summed E-state index contributed by atoms with van der Waals surface area (Å²) in [4.78, 5) is 8.99. The zero-order chi connectivity index (χ0) is 21.8. The maximum Gasteiger partial charge on any atom is 0.191 e. The molecule has 1 unspecified atom stereocenters. The van der Waals surface area contributed by atoms with Gasteiger partial charge in [0, 0.05) is 32.4 Å². The van der Waals surface area contributed by atoms with E-state index in [4.69, 9.17) is 9.72 Å². The van der Waals surface area contributed by atoms with E-state index in [1.54, 1.807) is 13.1 Å². The minimum absolute atomic E-state index is 0. The van der Waals surface area contributed by atoms with E-state index in [2.05, 4.69) is 34.8 Å². The van der Waals surface area contributed by atoms with Gasteiger partial charge >= 0.3 is 0 Å². The van der Waals surface area contributed by atoms with E-state index in [9.17, 15) is 4.39 Å². The van der Waals surface area contributed by atoms with Gasteiger partial charge in [0.1, 0.15) is 5.65 Å². The number of aromatic nitrogens is 2. The molecule has 2 heterocycles. The Balaban J connectivity index is 0.00000289. The predicted octanol–water partition coefficient (Wildman–Crippen LogP) is 4.66. The van der Waals surface area contributed by atoms with Crippen molar-refractivity contribution in [1.29, 1.82) is 0 Å². The van der Waals surface area contributed by atoms with E-state index < -0.39 is 0 Å². The Kier molecular flexibility index (Phi) is 8.33. The third kappa shape index (κ3) is 6.11. The van der Waals surface area contributed by atoms with E-state index in [1.807, 2.05) is 29.7 Å². The molecule has 4 rings (SSSR count). The van der Waals surface area contributed by atoms with Crippen molar-refractivity contribution < 1.29 is 9.13 Å². The Morgan fingerprint density at radius 2 is 2.16 bits per heavy atom. The Hall–Kier alpha value is -2.36. The average molecular weight is 551 g/mol. The lowest BCUT2D eigenvalue weighted by atomic mass is 10.1. The highest BCUT2D eigenvalue weighted by Gasteiger charge is 2.22. The lowest BCUT2D eigenvalue weighted by Gasteiger charge is -2.19. The molecule has 0 saturated heterocycles. The number of aryl methyl sites for hydroxylation is 1. The van der Waals surface area contributed by atoms with Gasteiger partial charge in [-0.05, 0) is 61.9 Å². The fraction of sp³-hybridized carbons (Fsp3) is 0.417. The number of ether oxygens (including phenoxy) is 1. The van der Waals surface area contributed by atoms with Crippen LogP contribution in [0.3, 0.4) is 0 Å². The molecule has 0 spiro atoms. The second kappa shape index (κ2) is 11.0. The minimum atomic E-state index is -0.322. The molecule has 2 N–H and O–H groups in total. The van der Waals surface area contributed by atoms with Crippen LogP contribution < -0.4 is 15.4 Å². The summed E-state index contributed by atoms with van der Waals surface area (Å²) in [5.74, 6) is 1.27. The van der Waals surface area contributed by atoms with Crippen LogP contribution in [0.4, 0.5) is 4.39 Å². The van der Waals surface area contributed by atoms with E-state index in [1.165, 1.54) is 18.9 Å². The number of nitrogens with zero attached hydrogens (tertiary/aromatic N) is 3. The molecule has 8 heteroatoms. The summed E-state index contributed by atoms with van der Waals surface area (Å²) in [6, 6.07) is 9.13. The van der Waals surface area contributed by atoms with Gasteiger partial charge in [-0.3, -0.25) is 4.99 Å². The zero-order valence-electron chi connectivity index (χ0n) is 18.8. The summed E-state index contributed by atoms with van der Waals surface area (Å²) in [5, 5.41) is 6.63. The first-order valence-corrected chi connectivity index (χ1v) is 10.9. The fourth-order valence-electron chi connectivity index (χ4n) is 3.51. The van der Waals surface area contributed by atoms with Gasteiger partial charge in [0.05, 0.1) is 18.3 Å². The molecule has 2 aromatic heterocycles. The predicted molar refractivity (Wildman–Crippen MR) is 137 cm³/mol. The molecule has 172 valence electrons. The molecule has 0 bridgehead atoms. The lowest BCUT2D eigenvalue weighted by molar-refractivity contribution is 0.285. The van der Waals surface area contributed by atoms with Crippen LogP contribution in [-0.4, -0.2) is 35.5 Å². The Labute approximate surface area is 205 Å². The summed E-state index contributed by atoms with van der Waals surface area (Å²) in [5.41, 5.74) is 4.01. The standard InChI is InChI=1S/C24H30FN5O.HI/c1-16-5-4-12-30-14-20(29-23(16)30)10-11-27-24(26-3)28-17(2)19-8-9-22(21(25)13-19)31-15-18-6-7-18;/h4-5,8-9,12-14,17-18H,6-7,10-11,15H2,1-3H3,(H2,26,27,28);1H. The SMILES string of the molecule is CN=C(NCCc1cn2cccc(C)c2n1)NC(C)c1ccc(OCC2CC2)c(F)c1.I. The summed E-state index contributed by atoms with van der Waals surface area (Å²) in [6.45, 7) is 5.34. The quantitative estimate of drug-likeness (QED) is 0.243. The number of benzene rings is 1. The molecular formula is C24H31FIN5O. The number of guanidine groups is 1. The molecule has 0 aliphatic heterocycles. The maximum absolute atomic E-state index is 14.4. The molecule has 3 aromatic rings. The maximum atomic E-state index is 14.4. The Morgan fingerprint density at radius 1 is 1.34 bits per heavy atom. The summed E-state index contributed by atoms with van der Waals surface area (Å²) in [7, 11) is 1.73. The van der Waals surface area contributed by atoms with Gasteiger partial charge in [-0.25, -0.2) is 9.37 Å². The van der Waals surface area contributed by atoms with Crippen LogP contribution in [-0.2, 0) is 6.42 Å². The molecule has 32 heavy (non-hydrogen) atoms. The Bertz CT molecular complexity index is 1080. The topological polar surface area (TPSA) is 63.0 Å². The summed E-state index contributed by atoms with van der Waals surface area (Å²) >= 11 is 0. The molecule has 1 aliphatic rings. The second-order valence-electron chi connectivity index (χ2n) is 8.21. The molecule has 1 saturated carbocycles. The number of nitrogens with one attached hydrogen (secondary N) is 2. The number of fused-ring (bicyclic) bond motifs is 1. The van der Waals surface area contributed by atoms with Gasteiger partial charge in [0.25, 0.3) is 0 Å². The first-order valence-electron chi connectivity index (χ1n) is 10.9. The molecule has 1 aromatic carbocycles. The van der Waals surface area contributed by atoms with Crippen LogP contribution in [0.15, 0.2) is 47.7 Å². The van der Waals surface area contributed by atoms with Gasteiger partial charge in [-0.15, -0.1) is 24.0 Å². The number of hydrogen-bond acceptors (Lipinski definition) is 3. The summed E-state index contributed by atoms with van der Waals surface area (Å²) in [6.07, 6.45) is 7.21. The van der Waals surface area contributed by atoms with Crippen LogP contribution in [0.2, 0.25) is 0 Å². The van der Waals surface area contributed by atoms with Gasteiger partial charge in [0.15, 0.2) is 17.5 Å². The number of aliphatic imine (C=N–C) groups is 1. The number of hydrogen-bond donors (Lipinski definition) is 2. The number of halogens is 2. The number of imidazole rings is 1. The first kappa shape index (κ1) is 24.3. The molecule has 1 aliphatic carbocycles. The van der Waals surface area contributed by atoms with E-state index in [0.717, 1.165) is 28.9 Å². The first-order chi connectivity index (χ1) is 15.0. The largest absolute Gasteiger partial charge is 0.490 e. The Morgan fingerprint density at radius 3 is 2.84 bits per heavy atom. The number of rotatable bonds is 8. The summed E-state index contributed by atoms with van der Waals surface area (Å²) < 4.78 is 22.0. The fourth-order valence-corrected chi connectivity index (χ4v) is 3.51. The van der Waals surface area contributed by atoms with Crippen LogP contribution >= 0.6 is 24.0 Å². The van der Waals surface area contributed by atoms with Crippen LogP contribution in [0.5, 0.6) is 5.75 Å². The highest BCUT2D eigenvalue weighted by Crippen LogP contribution is 2.30. The third-order valence-electron chi connectivity index (χ3n) is 5.61. The highest BCUT2D eigenvalue weighted by molar-refractivity contribution is 14.0. The van der Waals surface area contributed by atoms with Crippen molar-refractivity contribution in [3.05, 3.63) is 65.4 Å². The molecule has 1 fully saturated rings. The monoisotopic (exact) mass is 551 g/mol. The smallest absolute Gasteiger partial charge is 0.191 e. The van der Waals surface area contributed by atoms with E-state index >= 15 is 0 Å². The van der Waals surface area contributed by atoms with Gasteiger partial charge in [-0.1, -0.05) is 12.1 Å². The second-order valence-corrected chi connectivity index (χ2v) is 8.21. The van der Waals surface area contributed by atoms with Crippen LogP contribution in [0.1, 0.15) is 42.6 Å².